The van der Waals surface area contributed by atoms with Crippen LogP contribution in [-0.2, 0) is 29.5 Å². The maximum absolute atomic E-state index is 12.5. The molecule has 0 fully saturated rings. The molecular weight excluding hydrogens is 410 g/mol. The quantitative estimate of drug-likeness (QED) is 0.522. The number of aryl methyl sites for hydroxylation is 3. The molecule has 0 aliphatic carbocycles. The number of carbonyl (C=O) groups is 2. The number of nitrogens with one attached hydrogen (secondary N) is 2. The summed E-state index contributed by atoms with van der Waals surface area (Å²) in [5, 5.41) is 14.7. The summed E-state index contributed by atoms with van der Waals surface area (Å²) < 4.78 is 1.75. The average Bonchev–Trinajstić information content (AvgIpc) is 3.09. The van der Waals surface area contributed by atoms with E-state index in [4.69, 9.17) is 0 Å². The van der Waals surface area contributed by atoms with E-state index in [-0.39, 0.29) is 24.0 Å². The van der Waals surface area contributed by atoms with Gasteiger partial charge in [-0.05, 0) is 55.2 Å². The van der Waals surface area contributed by atoms with Crippen LogP contribution in [0.1, 0.15) is 29.4 Å². The lowest BCUT2D eigenvalue weighted by atomic mass is 10.1. The van der Waals surface area contributed by atoms with E-state index in [9.17, 15) is 9.59 Å². The minimum atomic E-state index is -0.152. The third-order valence-corrected chi connectivity index (χ3v) is 6.06. The smallest absolute Gasteiger partial charge is 0.234 e. The van der Waals surface area contributed by atoms with Crippen LogP contribution in [0.3, 0.4) is 0 Å². The largest absolute Gasteiger partial charge is 0.325 e. The Labute approximate surface area is 186 Å². The summed E-state index contributed by atoms with van der Waals surface area (Å²) in [7, 11) is 1.80. The van der Waals surface area contributed by atoms with Gasteiger partial charge in [0.1, 0.15) is 5.82 Å². The van der Waals surface area contributed by atoms with Crippen LogP contribution in [0.25, 0.3) is 0 Å². The van der Waals surface area contributed by atoms with Gasteiger partial charge in [-0.1, -0.05) is 43.0 Å². The Kier molecular flexibility index (Phi) is 7.46. The summed E-state index contributed by atoms with van der Waals surface area (Å²) in [4.78, 5) is 24.8. The van der Waals surface area contributed by atoms with E-state index in [1.807, 2.05) is 63.2 Å². The van der Waals surface area contributed by atoms with Crippen LogP contribution in [0.15, 0.2) is 47.6 Å². The molecule has 1 heterocycles. The van der Waals surface area contributed by atoms with Crippen molar-refractivity contribution in [2.45, 2.75) is 38.8 Å². The monoisotopic (exact) mass is 437 g/mol. The van der Waals surface area contributed by atoms with Gasteiger partial charge < -0.3 is 15.2 Å². The summed E-state index contributed by atoms with van der Waals surface area (Å²) in [5.74, 6) is 0.477. The number of amides is 2. The second-order valence-corrected chi connectivity index (χ2v) is 8.27. The van der Waals surface area contributed by atoms with Crippen molar-refractivity contribution in [1.82, 2.24) is 14.8 Å². The Morgan fingerprint density at radius 3 is 2.52 bits per heavy atom. The van der Waals surface area contributed by atoms with Gasteiger partial charge in [-0.3, -0.25) is 9.59 Å². The summed E-state index contributed by atoms with van der Waals surface area (Å²) in [6, 6.07) is 13.6. The molecule has 3 aromatic rings. The summed E-state index contributed by atoms with van der Waals surface area (Å²) in [6.45, 7) is 6.09. The predicted molar refractivity (Wildman–Crippen MR) is 124 cm³/mol. The highest BCUT2D eigenvalue weighted by molar-refractivity contribution is 7.99. The topological polar surface area (TPSA) is 88.9 Å². The number of aromatic nitrogens is 3. The fourth-order valence-electron chi connectivity index (χ4n) is 3.06. The number of thioether (sulfide) groups is 1. The first kappa shape index (κ1) is 22.6. The van der Waals surface area contributed by atoms with E-state index in [1.165, 1.54) is 17.3 Å². The number of anilines is 2. The van der Waals surface area contributed by atoms with Gasteiger partial charge in [0.05, 0.1) is 12.2 Å². The highest BCUT2D eigenvalue weighted by Crippen LogP contribution is 2.19. The zero-order chi connectivity index (χ0) is 22.4. The van der Waals surface area contributed by atoms with Crippen LogP contribution in [-0.4, -0.2) is 32.3 Å². The summed E-state index contributed by atoms with van der Waals surface area (Å²) in [6.07, 6.45) is 0.947. The molecule has 0 radical (unpaired) electrons. The second-order valence-electron chi connectivity index (χ2n) is 7.33. The number of rotatable bonds is 8. The normalized spacial score (nSPS) is 10.7. The zero-order valence-electron chi connectivity index (χ0n) is 18.2. The van der Waals surface area contributed by atoms with Gasteiger partial charge in [0.15, 0.2) is 5.16 Å². The molecule has 0 aliphatic heterocycles. The molecule has 162 valence electrons. The van der Waals surface area contributed by atoms with Crippen molar-refractivity contribution in [2.75, 3.05) is 16.4 Å². The average molecular weight is 438 g/mol. The van der Waals surface area contributed by atoms with Gasteiger partial charge in [-0.25, -0.2) is 0 Å². The van der Waals surface area contributed by atoms with E-state index >= 15 is 0 Å². The van der Waals surface area contributed by atoms with Gasteiger partial charge >= 0.3 is 0 Å². The third kappa shape index (κ3) is 5.95. The van der Waals surface area contributed by atoms with Crippen LogP contribution in [0.4, 0.5) is 11.4 Å². The molecule has 0 saturated heterocycles. The standard InChI is InChI=1S/C23H27N5O2S/c1-5-17-8-6-7-9-19(17)25-21(29)13-20-26-27-23(28(20)4)31-14-22(30)24-18-11-10-15(2)16(3)12-18/h6-12H,5,13-14H2,1-4H3,(H,24,30)(H,25,29). The molecule has 0 saturated carbocycles. The number of hydrogen-bond acceptors (Lipinski definition) is 5. The van der Waals surface area contributed by atoms with Crippen molar-refractivity contribution >= 4 is 35.0 Å². The summed E-state index contributed by atoms with van der Waals surface area (Å²) >= 11 is 1.29. The molecule has 0 aliphatic rings. The SMILES string of the molecule is CCc1ccccc1NC(=O)Cc1nnc(SCC(=O)Nc2ccc(C)c(C)c2)n1C. The van der Waals surface area contributed by atoms with Crippen LogP contribution < -0.4 is 10.6 Å². The Morgan fingerprint density at radius 1 is 1.00 bits per heavy atom. The number of nitrogens with zero attached hydrogens (tertiary/aromatic N) is 3. The number of carbonyl (C=O) groups excluding carboxylic acids is 2. The number of hydrogen-bond donors (Lipinski definition) is 2. The summed E-state index contributed by atoms with van der Waals surface area (Å²) in [5.41, 5.74) is 4.98. The molecule has 0 unspecified atom stereocenters. The van der Waals surface area contributed by atoms with Crippen LogP contribution >= 0.6 is 11.8 Å². The van der Waals surface area contributed by atoms with Gasteiger partial charge in [0.25, 0.3) is 0 Å². The van der Waals surface area contributed by atoms with Crippen molar-refractivity contribution in [3.8, 4) is 0 Å². The van der Waals surface area contributed by atoms with Crippen LogP contribution in [0, 0.1) is 13.8 Å². The maximum Gasteiger partial charge on any atom is 0.234 e. The van der Waals surface area contributed by atoms with Crippen LogP contribution in [0.5, 0.6) is 0 Å². The van der Waals surface area contributed by atoms with Gasteiger partial charge in [0.2, 0.25) is 11.8 Å². The first-order valence-corrected chi connectivity index (χ1v) is 11.1. The molecular formula is C23H27N5O2S. The maximum atomic E-state index is 12.5. The van der Waals surface area contributed by atoms with E-state index in [2.05, 4.69) is 20.8 Å². The van der Waals surface area contributed by atoms with Gasteiger partial charge in [-0.2, -0.15) is 0 Å². The van der Waals surface area contributed by atoms with Crippen molar-refractivity contribution in [2.24, 2.45) is 7.05 Å². The van der Waals surface area contributed by atoms with E-state index < -0.39 is 0 Å². The second kappa shape index (κ2) is 10.3. The lowest BCUT2D eigenvalue weighted by molar-refractivity contribution is -0.116. The van der Waals surface area contributed by atoms with Crippen molar-refractivity contribution in [3.05, 3.63) is 65.0 Å². The number of benzene rings is 2. The highest BCUT2D eigenvalue weighted by Gasteiger charge is 2.15. The number of para-hydroxylation sites is 1. The lowest BCUT2D eigenvalue weighted by Crippen LogP contribution is -2.18. The fraction of sp³-hybridized carbons (Fsp3) is 0.304. The first-order valence-electron chi connectivity index (χ1n) is 10.1. The molecule has 3 rings (SSSR count). The van der Waals surface area contributed by atoms with Crippen molar-refractivity contribution in [3.63, 3.8) is 0 Å². The molecule has 31 heavy (non-hydrogen) atoms. The molecule has 2 amide bonds. The Balaban J connectivity index is 1.55. The Hall–Kier alpha value is -3.13. The van der Waals surface area contributed by atoms with Gasteiger partial charge in [-0.15, -0.1) is 10.2 Å². The minimum absolute atomic E-state index is 0.108. The van der Waals surface area contributed by atoms with Crippen molar-refractivity contribution < 1.29 is 9.59 Å². The van der Waals surface area contributed by atoms with Crippen molar-refractivity contribution in [1.29, 1.82) is 0 Å². The molecule has 8 heteroatoms. The molecule has 7 nitrogen and oxygen atoms in total. The first-order chi connectivity index (χ1) is 14.9. The highest BCUT2D eigenvalue weighted by atomic mass is 32.2. The lowest BCUT2D eigenvalue weighted by Gasteiger charge is -2.09. The molecule has 0 spiro atoms. The van der Waals surface area contributed by atoms with Gasteiger partial charge in [0, 0.05) is 18.4 Å². The molecule has 0 atom stereocenters. The Morgan fingerprint density at radius 2 is 1.77 bits per heavy atom. The predicted octanol–water partition coefficient (Wildman–Crippen LogP) is 3.91. The zero-order valence-corrected chi connectivity index (χ0v) is 19.0. The third-order valence-electron chi connectivity index (χ3n) is 5.04. The minimum Gasteiger partial charge on any atom is -0.325 e. The Bertz CT molecular complexity index is 1090. The van der Waals surface area contributed by atoms with Crippen LogP contribution in [0.2, 0.25) is 0 Å². The molecule has 0 bridgehead atoms. The van der Waals surface area contributed by atoms with E-state index in [0.29, 0.717) is 11.0 Å². The molecule has 2 N–H and O–H groups in total. The van der Waals surface area contributed by atoms with E-state index in [1.54, 1.807) is 11.6 Å². The fourth-order valence-corrected chi connectivity index (χ4v) is 3.79. The molecule has 2 aromatic carbocycles. The van der Waals surface area contributed by atoms with E-state index in [0.717, 1.165) is 28.9 Å². The molecule has 1 aromatic heterocycles.